The fourth-order valence-electron chi connectivity index (χ4n) is 2.84. The third-order valence-corrected chi connectivity index (χ3v) is 4.54. The van der Waals surface area contributed by atoms with E-state index in [4.69, 9.17) is 4.74 Å². The third-order valence-electron chi connectivity index (χ3n) is 3.72. The molecule has 2 nitrogen and oxygen atoms in total. The second-order valence-electron chi connectivity index (χ2n) is 5.14. The van der Waals surface area contributed by atoms with Gasteiger partial charge in [0, 0.05) is 16.5 Å². The van der Waals surface area contributed by atoms with Crippen molar-refractivity contribution in [1.82, 2.24) is 4.90 Å². The molecule has 1 aromatic rings. The summed E-state index contributed by atoms with van der Waals surface area (Å²) >= 11 is 1.83. The van der Waals surface area contributed by atoms with E-state index < -0.39 is 0 Å². The van der Waals surface area contributed by atoms with Crippen LogP contribution < -0.4 is 4.74 Å². The molecular formula is C16H26ClNOS. The molecule has 0 aromatic heterocycles. The standard InChI is InChI=1S/C16H25NOS.ClH/c1-4-9-17(10-5-2)13-11-14-15(18-12-13)7-6-8-16(14)19-3;/h6-8,13H,4-5,9-12H2,1-3H3;1H. The molecule has 1 unspecified atom stereocenters. The van der Waals surface area contributed by atoms with Crippen molar-refractivity contribution in [2.45, 2.75) is 44.0 Å². The number of hydrogen-bond donors (Lipinski definition) is 0. The van der Waals surface area contributed by atoms with E-state index in [0.29, 0.717) is 6.04 Å². The van der Waals surface area contributed by atoms with Crippen molar-refractivity contribution in [1.29, 1.82) is 0 Å². The third kappa shape index (κ3) is 4.06. The summed E-state index contributed by atoms with van der Waals surface area (Å²) in [5.41, 5.74) is 1.41. The molecule has 0 amide bonds. The summed E-state index contributed by atoms with van der Waals surface area (Å²) < 4.78 is 6.00. The van der Waals surface area contributed by atoms with Gasteiger partial charge < -0.3 is 4.74 Å². The first-order valence-electron chi connectivity index (χ1n) is 7.32. The first-order chi connectivity index (χ1) is 9.30. The van der Waals surface area contributed by atoms with E-state index in [2.05, 4.69) is 43.2 Å². The van der Waals surface area contributed by atoms with Crippen LogP contribution in [0.5, 0.6) is 5.75 Å². The molecule has 0 N–H and O–H groups in total. The topological polar surface area (TPSA) is 12.5 Å². The number of rotatable bonds is 6. The first-order valence-corrected chi connectivity index (χ1v) is 8.55. The Kier molecular flexibility index (Phi) is 7.78. The van der Waals surface area contributed by atoms with Gasteiger partial charge in [0.2, 0.25) is 0 Å². The lowest BCUT2D eigenvalue weighted by molar-refractivity contribution is 0.118. The Morgan fingerprint density at radius 3 is 2.55 bits per heavy atom. The molecule has 0 aliphatic carbocycles. The van der Waals surface area contributed by atoms with Gasteiger partial charge >= 0.3 is 0 Å². The number of halogens is 1. The minimum Gasteiger partial charge on any atom is -0.492 e. The Labute approximate surface area is 133 Å². The van der Waals surface area contributed by atoms with Gasteiger partial charge in [0.25, 0.3) is 0 Å². The van der Waals surface area contributed by atoms with Crippen LogP contribution in [0.15, 0.2) is 23.1 Å². The highest BCUT2D eigenvalue weighted by molar-refractivity contribution is 7.98. The first kappa shape index (κ1) is 17.7. The summed E-state index contributed by atoms with van der Waals surface area (Å²) in [4.78, 5) is 3.97. The largest absolute Gasteiger partial charge is 0.492 e. The highest BCUT2D eigenvalue weighted by Crippen LogP contribution is 2.33. The molecule has 114 valence electrons. The minimum absolute atomic E-state index is 0. The summed E-state index contributed by atoms with van der Waals surface area (Å²) in [6.45, 7) is 7.71. The van der Waals surface area contributed by atoms with Crippen molar-refractivity contribution >= 4 is 24.2 Å². The Hall–Kier alpha value is -0.380. The predicted molar refractivity (Wildman–Crippen MR) is 90.6 cm³/mol. The van der Waals surface area contributed by atoms with Crippen molar-refractivity contribution in [3.05, 3.63) is 23.8 Å². The minimum atomic E-state index is 0. The summed E-state index contributed by atoms with van der Waals surface area (Å²) in [6.07, 6.45) is 5.71. The van der Waals surface area contributed by atoms with Gasteiger partial charge in [-0.15, -0.1) is 24.2 Å². The molecule has 0 saturated carbocycles. The fraction of sp³-hybridized carbons (Fsp3) is 0.625. The Bertz CT molecular complexity index is 393. The molecule has 0 fully saturated rings. The monoisotopic (exact) mass is 315 g/mol. The maximum absolute atomic E-state index is 6.00. The number of ether oxygens (including phenoxy) is 1. The summed E-state index contributed by atoms with van der Waals surface area (Å²) in [5.74, 6) is 1.09. The van der Waals surface area contributed by atoms with Crippen molar-refractivity contribution in [2.75, 3.05) is 26.0 Å². The van der Waals surface area contributed by atoms with Gasteiger partial charge in [-0.2, -0.15) is 0 Å². The Morgan fingerprint density at radius 1 is 1.25 bits per heavy atom. The molecule has 2 rings (SSSR count). The smallest absolute Gasteiger partial charge is 0.123 e. The van der Waals surface area contributed by atoms with Crippen LogP contribution in [0.25, 0.3) is 0 Å². The van der Waals surface area contributed by atoms with Gasteiger partial charge in [-0.05, 0) is 50.7 Å². The van der Waals surface area contributed by atoms with Gasteiger partial charge in [-0.1, -0.05) is 19.9 Å². The average Bonchev–Trinajstić information content (AvgIpc) is 2.46. The zero-order valence-corrected chi connectivity index (χ0v) is 14.4. The quantitative estimate of drug-likeness (QED) is 0.728. The molecular weight excluding hydrogens is 290 g/mol. The number of benzene rings is 1. The summed E-state index contributed by atoms with van der Waals surface area (Å²) in [6, 6.07) is 6.95. The molecule has 0 saturated heterocycles. The highest BCUT2D eigenvalue weighted by Gasteiger charge is 2.26. The van der Waals surface area contributed by atoms with Crippen molar-refractivity contribution < 1.29 is 4.74 Å². The lowest BCUT2D eigenvalue weighted by atomic mass is 10.0. The van der Waals surface area contributed by atoms with Crippen LogP contribution in [0.4, 0.5) is 0 Å². The van der Waals surface area contributed by atoms with Crippen molar-refractivity contribution in [3.63, 3.8) is 0 Å². The maximum atomic E-state index is 6.00. The van der Waals surface area contributed by atoms with E-state index in [0.717, 1.165) is 18.8 Å². The van der Waals surface area contributed by atoms with Gasteiger partial charge in [-0.25, -0.2) is 0 Å². The molecule has 0 radical (unpaired) electrons. The molecule has 20 heavy (non-hydrogen) atoms. The van der Waals surface area contributed by atoms with Crippen LogP contribution in [0, 0.1) is 0 Å². The predicted octanol–water partition coefficient (Wildman–Crippen LogP) is 4.26. The number of thioether (sulfide) groups is 1. The lowest BCUT2D eigenvalue weighted by Gasteiger charge is -2.35. The fourth-order valence-corrected chi connectivity index (χ4v) is 3.48. The summed E-state index contributed by atoms with van der Waals surface area (Å²) in [5, 5.41) is 0. The van der Waals surface area contributed by atoms with E-state index in [1.807, 2.05) is 11.8 Å². The second-order valence-corrected chi connectivity index (χ2v) is 5.99. The van der Waals surface area contributed by atoms with Crippen LogP contribution >= 0.6 is 24.2 Å². The molecule has 1 aromatic carbocycles. The SMILES string of the molecule is CCCN(CCC)C1COc2cccc(SC)c2C1.Cl. The van der Waals surface area contributed by atoms with Gasteiger partial charge in [-0.3, -0.25) is 4.90 Å². The molecule has 1 heterocycles. The number of hydrogen-bond acceptors (Lipinski definition) is 3. The van der Waals surface area contributed by atoms with Crippen LogP contribution in [0.3, 0.4) is 0 Å². The van der Waals surface area contributed by atoms with E-state index in [1.54, 1.807) is 0 Å². The van der Waals surface area contributed by atoms with Crippen LogP contribution in [0.1, 0.15) is 32.3 Å². The highest BCUT2D eigenvalue weighted by atomic mass is 35.5. The number of fused-ring (bicyclic) bond motifs is 1. The Balaban J connectivity index is 0.00000200. The second kappa shape index (κ2) is 8.81. The summed E-state index contributed by atoms with van der Waals surface area (Å²) in [7, 11) is 0. The van der Waals surface area contributed by atoms with E-state index in [1.165, 1.54) is 36.4 Å². The number of nitrogens with zero attached hydrogens (tertiary/aromatic N) is 1. The molecule has 0 bridgehead atoms. The van der Waals surface area contributed by atoms with E-state index >= 15 is 0 Å². The van der Waals surface area contributed by atoms with E-state index in [9.17, 15) is 0 Å². The van der Waals surface area contributed by atoms with E-state index in [-0.39, 0.29) is 12.4 Å². The van der Waals surface area contributed by atoms with Gasteiger partial charge in [0.1, 0.15) is 12.4 Å². The van der Waals surface area contributed by atoms with Gasteiger partial charge in [0.15, 0.2) is 0 Å². The normalized spacial score (nSPS) is 17.3. The van der Waals surface area contributed by atoms with Crippen LogP contribution in [0.2, 0.25) is 0 Å². The van der Waals surface area contributed by atoms with Crippen molar-refractivity contribution in [2.24, 2.45) is 0 Å². The van der Waals surface area contributed by atoms with Crippen LogP contribution in [-0.4, -0.2) is 36.9 Å². The van der Waals surface area contributed by atoms with Crippen molar-refractivity contribution in [3.8, 4) is 5.75 Å². The molecule has 1 atom stereocenters. The molecule has 1 aliphatic rings. The van der Waals surface area contributed by atoms with Crippen LogP contribution in [-0.2, 0) is 6.42 Å². The average molecular weight is 316 g/mol. The molecule has 0 spiro atoms. The maximum Gasteiger partial charge on any atom is 0.123 e. The lowest BCUT2D eigenvalue weighted by Crippen LogP contribution is -2.44. The van der Waals surface area contributed by atoms with Gasteiger partial charge in [0.05, 0.1) is 0 Å². The Morgan fingerprint density at radius 2 is 1.95 bits per heavy atom. The zero-order valence-electron chi connectivity index (χ0n) is 12.7. The zero-order chi connectivity index (χ0) is 13.7. The molecule has 1 aliphatic heterocycles. The molecule has 4 heteroatoms.